The van der Waals surface area contributed by atoms with Gasteiger partial charge < -0.3 is 20.3 Å². The number of nitrogens with one attached hydrogen (secondary N) is 2. The number of thiocarbonyl (C=S) groups is 1. The van der Waals surface area contributed by atoms with Crippen LogP contribution in [0.4, 0.5) is 16.2 Å². The van der Waals surface area contributed by atoms with Gasteiger partial charge in [-0.3, -0.25) is 4.90 Å². The smallest absolute Gasteiger partial charge is 0.414 e. The van der Waals surface area contributed by atoms with Crippen LogP contribution in [0.2, 0.25) is 0 Å². The van der Waals surface area contributed by atoms with E-state index in [1.807, 2.05) is 23.9 Å². The molecule has 0 saturated carbocycles. The van der Waals surface area contributed by atoms with E-state index in [2.05, 4.69) is 27.7 Å². The zero-order valence-corrected chi connectivity index (χ0v) is 15.3. The molecule has 24 heavy (non-hydrogen) atoms. The van der Waals surface area contributed by atoms with Crippen LogP contribution in [0.1, 0.15) is 0 Å². The van der Waals surface area contributed by atoms with Gasteiger partial charge in [0.05, 0.1) is 13.1 Å². The summed E-state index contributed by atoms with van der Waals surface area (Å²) < 4.78 is 5.39. The summed E-state index contributed by atoms with van der Waals surface area (Å²) >= 11 is 7.03. The Balaban J connectivity index is 1.59. The number of cyclic esters (lactones) is 1. The van der Waals surface area contributed by atoms with Gasteiger partial charge in [0.2, 0.25) is 0 Å². The van der Waals surface area contributed by atoms with Crippen LogP contribution in [0.25, 0.3) is 0 Å². The first-order valence-electron chi connectivity index (χ1n) is 8.04. The van der Waals surface area contributed by atoms with Gasteiger partial charge in [-0.2, -0.15) is 11.8 Å². The molecule has 130 valence electrons. The first kappa shape index (κ1) is 17.2. The Morgan fingerprint density at radius 3 is 2.62 bits per heavy atom. The molecule has 0 bridgehead atoms. The van der Waals surface area contributed by atoms with Gasteiger partial charge in [-0.05, 0) is 36.5 Å². The van der Waals surface area contributed by atoms with E-state index in [9.17, 15) is 4.79 Å². The van der Waals surface area contributed by atoms with Crippen molar-refractivity contribution in [1.82, 2.24) is 10.6 Å². The molecule has 0 spiro atoms. The number of ether oxygens (including phenoxy) is 1. The minimum Gasteiger partial charge on any atom is -0.442 e. The topological polar surface area (TPSA) is 56.8 Å². The van der Waals surface area contributed by atoms with Gasteiger partial charge in [0, 0.05) is 43.0 Å². The van der Waals surface area contributed by atoms with E-state index < -0.39 is 0 Å². The average Bonchev–Trinajstić information content (AvgIpc) is 3.01. The Bertz CT molecular complexity index is 590. The molecule has 1 aromatic rings. The van der Waals surface area contributed by atoms with E-state index >= 15 is 0 Å². The van der Waals surface area contributed by atoms with Crippen molar-refractivity contribution in [3.8, 4) is 0 Å². The summed E-state index contributed by atoms with van der Waals surface area (Å²) in [6, 6.07) is 8.15. The lowest BCUT2D eigenvalue weighted by Crippen LogP contribution is -2.39. The number of benzene rings is 1. The molecule has 8 heteroatoms. The van der Waals surface area contributed by atoms with Gasteiger partial charge in [0.25, 0.3) is 0 Å². The predicted molar refractivity (Wildman–Crippen MR) is 103 cm³/mol. The molecule has 0 radical (unpaired) electrons. The van der Waals surface area contributed by atoms with E-state index in [-0.39, 0.29) is 12.2 Å². The number of carbonyl (C=O) groups excluding carboxylic acids is 1. The molecule has 2 aliphatic rings. The molecule has 6 nitrogen and oxygen atoms in total. The van der Waals surface area contributed by atoms with Crippen molar-refractivity contribution in [1.29, 1.82) is 0 Å². The van der Waals surface area contributed by atoms with Crippen LogP contribution in [0.15, 0.2) is 24.3 Å². The molecule has 0 unspecified atom stereocenters. The molecule has 2 N–H and O–H groups in total. The molecular formula is C16H22N4O2S2. The van der Waals surface area contributed by atoms with Crippen molar-refractivity contribution in [3.63, 3.8) is 0 Å². The number of rotatable bonds is 4. The Hall–Kier alpha value is -1.67. The highest BCUT2D eigenvalue weighted by Crippen LogP contribution is 2.26. The van der Waals surface area contributed by atoms with Gasteiger partial charge in [-0.25, -0.2) is 4.79 Å². The maximum atomic E-state index is 12.1. The van der Waals surface area contributed by atoms with Gasteiger partial charge in [-0.1, -0.05) is 0 Å². The number of nitrogens with zero attached hydrogens (tertiary/aromatic N) is 2. The van der Waals surface area contributed by atoms with E-state index in [0.717, 1.165) is 18.8 Å². The maximum Gasteiger partial charge on any atom is 0.414 e. The summed E-state index contributed by atoms with van der Waals surface area (Å²) in [4.78, 5) is 16.2. The number of hydrogen-bond donors (Lipinski definition) is 2. The van der Waals surface area contributed by atoms with Gasteiger partial charge in [-0.15, -0.1) is 0 Å². The van der Waals surface area contributed by atoms with Crippen molar-refractivity contribution in [2.75, 3.05) is 54.5 Å². The number of thioether (sulfide) groups is 1. The largest absolute Gasteiger partial charge is 0.442 e. The SMILES string of the molecule is CNC(=S)NC[C@H]1CN(c2ccc(N3CCSCC3)cc2)C(=O)O1. The fraction of sp³-hybridized carbons (Fsp3) is 0.500. The van der Waals surface area contributed by atoms with Crippen LogP contribution in [0, 0.1) is 0 Å². The second-order valence-corrected chi connectivity index (χ2v) is 7.33. The molecule has 2 heterocycles. The van der Waals surface area contributed by atoms with Crippen molar-refractivity contribution in [2.24, 2.45) is 0 Å². The number of carbonyl (C=O) groups is 1. The highest BCUT2D eigenvalue weighted by atomic mass is 32.2. The van der Waals surface area contributed by atoms with E-state index in [1.165, 1.54) is 17.2 Å². The third-order valence-electron chi connectivity index (χ3n) is 4.13. The fourth-order valence-corrected chi connectivity index (χ4v) is 3.78. The summed E-state index contributed by atoms with van der Waals surface area (Å²) in [6.45, 7) is 3.19. The average molecular weight is 367 g/mol. The number of amides is 1. The quantitative estimate of drug-likeness (QED) is 0.786. The van der Waals surface area contributed by atoms with Gasteiger partial charge in [0.15, 0.2) is 5.11 Å². The van der Waals surface area contributed by atoms with Crippen molar-refractivity contribution in [3.05, 3.63) is 24.3 Å². The maximum absolute atomic E-state index is 12.1. The first-order chi connectivity index (χ1) is 11.7. The van der Waals surface area contributed by atoms with Gasteiger partial charge in [0.1, 0.15) is 6.10 Å². The van der Waals surface area contributed by atoms with E-state index in [4.69, 9.17) is 17.0 Å². The zero-order valence-electron chi connectivity index (χ0n) is 13.7. The van der Waals surface area contributed by atoms with E-state index in [1.54, 1.807) is 11.9 Å². The lowest BCUT2D eigenvalue weighted by molar-refractivity contribution is 0.143. The second kappa shape index (κ2) is 7.94. The van der Waals surface area contributed by atoms with Crippen LogP contribution in [-0.4, -0.2) is 62.0 Å². The van der Waals surface area contributed by atoms with Crippen LogP contribution in [0.3, 0.4) is 0 Å². The summed E-state index contributed by atoms with van der Waals surface area (Å²) in [5.41, 5.74) is 2.08. The molecule has 3 rings (SSSR count). The summed E-state index contributed by atoms with van der Waals surface area (Å²) in [6.07, 6.45) is -0.512. The molecule has 0 aromatic heterocycles. The minimum absolute atomic E-state index is 0.206. The molecule has 1 aromatic carbocycles. The van der Waals surface area contributed by atoms with Crippen molar-refractivity contribution < 1.29 is 9.53 Å². The zero-order chi connectivity index (χ0) is 16.9. The standard InChI is InChI=1S/C16H22N4O2S2/c1-17-15(23)18-10-14-11-20(16(21)22-14)13-4-2-12(3-5-13)19-6-8-24-9-7-19/h2-5,14H,6-11H2,1H3,(H2,17,18,23)/t14-/m0/s1. The lowest BCUT2D eigenvalue weighted by atomic mass is 10.2. The Labute approximate surface area is 151 Å². The molecule has 0 aliphatic carbocycles. The molecule has 1 atom stereocenters. The summed E-state index contributed by atoms with van der Waals surface area (Å²) in [5, 5.41) is 6.42. The second-order valence-electron chi connectivity index (χ2n) is 5.69. The summed E-state index contributed by atoms with van der Waals surface area (Å²) in [7, 11) is 1.75. The highest BCUT2D eigenvalue weighted by molar-refractivity contribution is 7.99. The van der Waals surface area contributed by atoms with Crippen molar-refractivity contribution >= 4 is 46.6 Å². The Morgan fingerprint density at radius 1 is 1.29 bits per heavy atom. The van der Waals surface area contributed by atoms with Crippen LogP contribution >= 0.6 is 24.0 Å². The van der Waals surface area contributed by atoms with Gasteiger partial charge >= 0.3 is 6.09 Å². The van der Waals surface area contributed by atoms with Crippen LogP contribution in [0.5, 0.6) is 0 Å². The fourth-order valence-electron chi connectivity index (χ4n) is 2.80. The molecule has 2 saturated heterocycles. The van der Waals surface area contributed by atoms with Crippen LogP contribution in [-0.2, 0) is 4.74 Å². The molecular weight excluding hydrogens is 344 g/mol. The Kier molecular flexibility index (Phi) is 5.68. The summed E-state index contributed by atoms with van der Waals surface area (Å²) in [5.74, 6) is 2.34. The molecule has 2 aliphatic heterocycles. The normalized spacial score (nSPS) is 20.7. The Morgan fingerprint density at radius 2 is 1.96 bits per heavy atom. The minimum atomic E-state index is -0.306. The number of anilines is 2. The molecule has 1 amide bonds. The van der Waals surface area contributed by atoms with E-state index in [0.29, 0.717) is 18.2 Å². The van der Waals surface area contributed by atoms with Crippen LogP contribution < -0.4 is 20.4 Å². The third-order valence-corrected chi connectivity index (χ3v) is 5.42. The third kappa shape index (κ3) is 4.05. The van der Waals surface area contributed by atoms with Crippen molar-refractivity contribution in [2.45, 2.75) is 6.10 Å². The highest BCUT2D eigenvalue weighted by Gasteiger charge is 2.32. The monoisotopic (exact) mass is 366 g/mol. The predicted octanol–water partition coefficient (Wildman–Crippen LogP) is 1.66. The molecule has 2 fully saturated rings. The first-order valence-corrected chi connectivity index (χ1v) is 9.60. The number of hydrogen-bond acceptors (Lipinski definition) is 5. The lowest BCUT2D eigenvalue weighted by Gasteiger charge is -2.28.